The Morgan fingerprint density at radius 1 is 1.33 bits per heavy atom. The fourth-order valence-corrected chi connectivity index (χ4v) is 1.65. The van der Waals surface area contributed by atoms with Crippen LogP contribution in [0.25, 0.3) is 0 Å². The smallest absolute Gasteiger partial charge is 0.261 e. The van der Waals surface area contributed by atoms with Gasteiger partial charge in [-0.1, -0.05) is 37.8 Å². The van der Waals surface area contributed by atoms with Crippen molar-refractivity contribution in [2.45, 2.75) is 39.5 Å². The molecule has 0 unspecified atom stereocenters. The second kappa shape index (κ2) is 9.16. The number of hydrogen-bond acceptors (Lipinski definition) is 3. The number of rotatable bonds is 5. The molecule has 1 aliphatic heterocycles. The third-order valence-electron chi connectivity index (χ3n) is 2.43. The number of hydrogen-bond donors (Lipinski definition) is 1. The standard InChI is InChI=1S/C12H21N.CH4O3S/c1-3-4-5-6-9-13-10-7-8-12(2)11-13;1-5(2,3)4/h7-8,10H,3-6,9,11H2,1-2H3;1H3,(H,2,3,4). The van der Waals surface area contributed by atoms with Crippen LogP contribution < -0.4 is 0 Å². The third kappa shape index (κ3) is 13.3. The Bertz CT molecular complexity index is 364. The quantitative estimate of drug-likeness (QED) is 0.619. The van der Waals surface area contributed by atoms with Gasteiger partial charge in [-0.2, -0.15) is 8.42 Å². The van der Waals surface area contributed by atoms with Gasteiger partial charge in [-0.25, -0.2) is 0 Å². The predicted octanol–water partition coefficient (Wildman–Crippen LogP) is 2.85. The minimum Gasteiger partial charge on any atom is -0.373 e. The molecule has 0 aromatic rings. The lowest BCUT2D eigenvalue weighted by atomic mass is 10.1. The minimum absolute atomic E-state index is 0.715. The van der Waals surface area contributed by atoms with Crippen molar-refractivity contribution in [3.63, 3.8) is 0 Å². The molecule has 0 saturated carbocycles. The summed E-state index contributed by atoms with van der Waals surface area (Å²) in [6.07, 6.45) is 12.7. The van der Waals surface area contributed by atoms with E-state index in [9.17, 15) is 8.42 Å². The van der Waals surface area contributed by atoms with Gasteiger partial charge in [0.15, 0.2) is 0 Å². The molecule has 0 aliphatic carbocycles. The van der Waals surface area contributed by atoms with Crippen LogP contribution in [0.2, 0.25) is 0 Å². The van der Waals surface area contributed by atoms with Crippen LogP contribution in [0.3, 0.4) is 0 Å². The third-order valence-corrected chi connectivity index (χ3v) is 2.43. The van der Waals surface area contributed by atoms with E-state index in [0.717, 1.165) is 6.54 Å². The van der Waals surface area contributed by atoms with Gasteiger partial charge in [-0.3, -0.25) is 4.55 Å². The van der Waals surface area contributed by atoms with Crippen LogP contribution in [0.5, 0.6) is 0 Å². The van der Waals surface area contributed by atoms with E-state index in [-0.39, 0.29) is 0 Å². The Kier molecular flexibility index (Phi) is 8.75. The summed E-state index contributed by atoms with van der Waals surface area (Å²) < 4.78 is 25.9. The summed E-state index contributed by atoms with van der Waals surface area (Å²) in [6.45, 7) is 6.81. The largest absolute Gasteiger partial charge is 0.373 e. The first kappa shape index (κ1) is 17.2. The first-order chi connectivity index (χ1) is 8.33. The maximum absolute atomic E-state index is 9.19. The maximum Gasteiger partial charge on any atom is 0.261 e. The summed E-state index contributed by atoms with van der Waals surface area (Å²) in [5, 5.41) is 0. The van der Waals surface area contributed by atoms with Gasteiger partial charge in [-0.15, -0.1) is 0 Å². The predicted molar refractivity (Wildman–Crippen MR) is 76.1 cm³/mol. The van der Waals surface area contributed by atoms with Crippen LogP contribution in [0.4, 0.5) is 0 Å². The van der Waals surface area contributed by atoms with E-state index in [2.05, 4.69) is 37.1 Å². The van der Waals surface area contributed by atoms with E-state index in [1.165, 1.54) is 37.8 Å². The highest BCUT2D eigenvalue weighted by Gasteiger charge is 2.02. The summed E-state index contributed by atoms with van der Waals surface area (Å²) in [4.78, 5) is 2.41. The highest BCUT2D eigenvalue weighted by Crippen LogP contribution is 2.08. The van der Waals surface area contributed by atoms with Crippen LogP contribution >= 0.6 is 0 Å². The van der Waals surface area contributed by atoms with Crippen molar-refractivity contribution in [2.24, 2.45) is 0 Å². The summed E-state index contributed by atoms with van der Waals surface area (Å²) >= 11 is 0. The second-order valence-corrected chi connectivity index (χ2v) is 6.08. The van der Waals surface area contributed by atoms with Gasteiger partial charge < -0.3 is 4.90 Å². The molecule has 0 spiro atoms. The summed E-state index contributed by atoms with van der Waals surface area (Å²) in [5.41, 5.74) is 1.47. The zero-order chi connectivity index (χ0) is 14.0. The molecule has 0 radical (unpaired) electrons. The first-order valence-corrected chi connectivity index (χ1v) is 8.18. The molecule has 106 valence electrons. The fraction of sp³-hybridized carbons (Fsp3) is 0.692. The van der Waals surface area contributed by atoms with Gasteiger partial charge in [-0.05, 0) is 25.6 Å². The van der Waals surface area contributed by atoms with Crippen LogP contribution in [-0.2, 0) is 10.1 Å². The van der Waals surface area contributed by atoms with Crippen molar-refractivity contribution in [3.8, 4) is 0 Å². The van der Waals surface area contributed by atoms with Crippen molar-refractivity contribution < 1.29 is 13.0 Å². The van der Waals surface area contributed by atoms with Gasteiger partial charge >= 0.3 is 0 Å². The highest BCUT2D eigenvalue weighted by atomic mass is 32.2. The Balaban J connectivity index is 0.000000494. The monoisotopic (exact) mass is 275 g/mol. The number of allylic oxidation sites excluding steroid dienone is 2. The van der Waals surface area contributed by atoms with Gasteiger partial charge in [0.2, 0.25) is 0 Å². The van der Waals surface area contributed by atoms with Crippen LogP contribution in [0.15, 0.2) is 23.9 Å². The lowest BCUT2D eigenvalue weighted by Crippen LogP contribution is -2.22. The molecule has 1 aliphatic rings. The maximum atomic E-state index is 9.19. The average molecular weight is 275 g/mol. The summed E-state index contributed by atoms with van der Waals surface area (Å²) in [7, 11) is -3.67. The van der Waals surface area contributed by atoms with Crippen molar-refractivity contribution in [1.82, 2.24) is 4.90 Å². The Labute approximate surface area is 111 Å². The second-order valence-electron chi connectivity index (χ2n) is 4.62. The van der Waals surface area contributed by atoms with Crippen molar-refractivity contribution in [1.29, 1.82) is 0 Å². The fourth-order valence-electron chi connectivity index (χ4n) is 1.65. The van der Waals surface area contributed by atoms with Gasteiger partial charge in [0.25, 0.3) is 10.1 Å². The van der Waals surface area contributed by atoms with E-state index < -0.39 is 10.1 Å². The zero-order valence-electron chi connectivity index (χ0n) is 11.6. The minimum atomic E-state index is -3.67. The molecule has 0 aromatic carbocycles. The molecular formula is C13H25NO3S. The Hall–Kier alpha value is -0.810. The zero-order valence-corrected chi connectivity index (χ0v) is 12.4. The average Bonchev–Trinajstić information content (AvgIpc) is 2.22. The van der Waals surface area contributed by atoms with Crippen LogP contribution in [0.1, 0.15) is 39.5 Å². The van der Waals surface area contributed by atoms with Crippen LogP contribution in [0, 0.1) is 0 Å². The molecule has 1 rings (SSSR count). The molecular weight excluding hydrogens is 250 g/mol. The molecule has 1 N–H and O–H groups in total. The first-order valence-electron chi connectivity index (χ1n) is 6.33. The van der Waals surface area contributed by atoms with Crippen molar-refractivity contribution in [2.75, 3.05) is 19.3 Å². The number of unbranched alkanes of at least 4 members (excludes halogenated alkanes) is 3. The molecule has 4 nitrogen and oxygen atoms in total. The molecule has 0 aromatic heterocycles. The van der Waals surface area contributed by atoms with Crippen LogP contribution in [-0.4, -0.2) is 37.2 Å². The SMILES string of the molecule is CCCCCCN1C=CC=C(C)C1.CS(=O)(=O)O. The van der Waals surface area contributed by atoms with Gasteiger partial charge in [0.05, 0.1) is 6.26 Å². The molecule has 1 heterocycles. The van der Waals surface area contributed by atoms with E-state index in [1.807, 2.05) is 0 Å². The molecule has 0 bridgehead atoms. The lowest BCUT2D eigenvalue weighted by Gasteiger charge is -2.23. The Morgan fingerprint density at radius 3 is 2.44 bits per heavy atom. The molecule has 0 fully saturated rings. The van der Waals surface area contributed by atoms with E-state index in [1.54, 1.807) is 0 Å². The number of nitrogens with zero attached hydrogens (tertiary/aromatic N) is 1. The van der Waals surface area contributed by atoms with Crippen molar-refractivity contribution >= 4 is 10.1 Å². The van der Waals surface area contributed by atoms with E-state index in [0.29, 0.717) is 6.26 Å². The highest BCUT2D eigenvalue weighted by molar-refractivity contribution is 7.85. The molecule has 0 saturated heterocycles. The summed E-state index contributed by atoms with van der Waals surface area (Å²) in [5.74, 6) is 0. The molecule has 18 heavy (non-hydrogen) atoms. The van der Waals surface area contributed by atoms with E-state index in [4.69, 9.17) is 4.55 Å². The lowest BCUT2D eigenvalue weighted by molar-refractivity contribution is 0.385. The summed E-state index contributed by atoms with van der Waals surface area (Å²) in [6, 6.07) is 0. The van der Waals surface area contributed by atoms with Gasteiger partial charge in [0, 0.05) is 13.1 Å². The normalized spacial score (nSPS) is 14.9. The Morgan fingerprint density at radius 2 is 1.94 bits per heavy atom. The topological polar surface area (TPSA) is 57.6 Å². The molecule has 0 amide bonds. The molecule has 0 atom stereocenters. The van der Waals surface area contributed by atoms with Gasteiger partial charge in [0.1, 0.15) is 0 Å². The van der Waals surface area contributed by atoms with E-state index >= 15 is 0 Å². The van der Waals surface area contributed by atoms with Crippen molar-refractivity contribution in [3.05, 3.63) is 23.9 Å². The molecule has 5 heteroatoms.